The predicted octanol–water partition coefficient (Wildman–Crippen LogP) is 3.99. The molecule has 0 bridgehead atoms. The minimum absolute atomic E-state index is 0.163. The Bertz CT molecular complexity index is 1260. The van der Waals surface area contributed by atoms with Crippen LogP contribution in [0.2, 0.25) is 0 Å². The molecule has 2 heterocycles. The molecule has 0 spiro atoms. The summed E-state index contributed by atoms with van der Waals surface area (Å²) in [6.45, 7) is 0. The summed E-state index contributed by atoms with van der Waals surface area (Å²) >= 11 is 1.35. The van der Waals surface area contributed by atoms with Gasteiger partial charge in [-0.05, 0) is 36.4 Å². The molecule has 0 aliphatic rings. The molecule has 7 heteroatoms. The first kappa shape index (κ1) is 16.7. The van der Waals surface area contributed by atoms with Gasteiger partial charge in [0.25, 0.3) is 0 Å². The topological polar surface area (TPSA) is 77.2 Å². The smallest absolute Gasteiger partial charge is 0.203 e. The van der Waals surface area contributed by atoms with Gasteiger partial charge in [-0.1, -0.05) is 12.1 Å². The van der Waals surface area contributed by atoms with Crippen LogP contribution in [0.3, 0.4) is 0 Å². The van der Waals surface area contributed by atoms with Gasteiger partial charge < -0.3 is 4.42 Å². The van der Waals surface area contributed by atoms with E-state index in [1.54, 1.807) is 48.0 Å². The van der Waals surface area contributed by atoms with Crippen LogP contribution >= 0.6 is 11.3 Å². The zero-order chi connectivity index (χ0) is 18.3. The van der Waals surface area contributed by atoms with Gasteiger partial charge >= 0.3 is 0 Å². The lowest BCUT2D eigenvalue weighted by Crippen LogP contribution is -2.07. The Labute approximate surface area is 153 Å². The number of thiazole rings is 1. The second-order valence-corrected chi connectivity index (χ2v) is 8.68. The molecule has 0 saturated carbocycles. The normalized spacial score (nSPS) is 11.7. The number of aromatic nitrogens is 1. The molecule has 2 aromatic heterocycles. The van der Waals surface area contributed by atoms with Crippen LogP contribution in [0, 0.1) is 0 Å². The predicted molar refractivity (Wildman–Crippen MR) is 102 cm³/mol. The summed E-state index contributed by atoms with van der Waals surface area (Å²) in [5.41, 5.74) is 1.31. The monoisotopic (exact) mass is 383 g/mol. The Hall–Kier alpha value is -2.77. The fourth-order valence-electron chi connectivity index (χ4n) is 2.74. The van der Waals surface area contributed by atoms with Gasteiger partial charge in [-0.25, -0.2) is 13.4 Å². The van der Waals surface area contributed by atoms with Crippen molar-refractivity contribution in [1.29, 1.82) is 0 Å². The van der Waals surface area contributed by atoms with Gasteiger partial charge in [0.2, 0.25) is 5.43 Å². The molecule has 0 aliphatic heterocycles. The van der Waals surface area contributed by atoms with E-state index < -0.39 is 9.84 Å². The van der Waals surface area contributed by atoms with E-state index in [0.717, 1.165) is 6.26 Å². The Morgan fingerprint density at radius 3 is 2.42 bits per heavy atom. The number of nitrogens with zero attached hydrogens (tertiary/aromatic N) is 1. The summed E-state index contributed by atoms with van der Waals surface area (Å²) in [5, 5.41) is 2.83. The van der Waals surface area contributed by atoms with Crippen molar-refractivity contribution >= 4 is 32.1 Å². The molecule has 0 radical (unpaired) electrons. The van der Waals surface area contributed by atoms with Crippen molar-refractivity contribution in [2.24, 2.45) is 0 Å². The van der Waals surface area contributed by atoms with Crippen molar-refractivity contribution < 1.29 is 12.8 Å². The standard InChI is InChI=1S/C19H13NO4S2/c1-26(22,23)13-8-6-12(7-9-13)18-16(19-20-10-11-25-19)17(21)14-4-2-3-5-15(14)24-18/h2-11H,1H3. The number of sulfone groups is 1. The van der Waals surface area contributed by atoms with Gasteiger partial charge in [-0.15, -0.1) is 11.3 Å². The number of fused-ring (bicyclic) bond motifs is 1. The fourth-order valence-corrected chi connectivity index (χ4v) is 4.05. The van der Waals surface area contributed by atoms with Crippen molar-refractivity contribution in [2.45, 2.75) is 4.90 Å². The Morgan fingerprint density at radius 1 is 1.04 bits per heavy atom. The summed E-state index contributed by atoms with van der Waals surface area (Å²) < 4.78 is 29.4. The molecule has 4 aromatic rings. The summed E-state index contributed by atoms with van der Waals surface area (Å²) in [4.78, 5) is 17.5. The van der Waals surface area contributed by atoms with Crippen LogP contribution in [-0.2, 0) is 9.84 Å². The van der Waals surface area contributed by atoms with Crippen LogP contribution in [0.25, 0.3) is 32.9 Å². The van der Waals surface area contributed by atoms with Crippen molar-refractivity contribution in [3.8, 4) is 21.9 Å². The number of benzene rings is 2. The summed E-state index contributed by atoms with van der Waals surface area (Å²) in [7, 11) is -3.30. The molecule has 0 fully saturated rings. The second kappa shape index (κ2) is 6.19. The third kappa shape index (κ3) is 2.85. The van der Waals surface area contributed by atoms with Crippen molar-refractivity contribution in [1.82, 2.24) is 4.98 Å². The first-order chi connectivity index (χ1) is 12.4. The van der Waals surface area contributed by atoms with E-state index >= 15 is 0 Å². The minimum Gasteiger partial charge on any atom is -0.455 e. The zero-order valence-electron chi connectivity index (χ0n) is 13.7. The number of rotatable bonds is 3. The molecule has 130 valence electrons. The Balaban J connectivity index is 2.03. The van der Waals surface area contributed by atoms with Gasteiger partial charge in [0.15, 0.2) is 9.84 Å². The molecule has 0 unspecified atom stereocenters. The molecule has 0 aliphatic carbocycles. The van der Waals surface area contributed by atoms with Crippen molar-refractivity contribution in [2.75, 3.05) is 6.26 Å². The molecule has 0 saturated heterocycles. The van der Waals surface area contributed by atoms with Crippen LogP contribution in [0.15, 0.2) is 74.2 Å². The lowest BCUT2D eigenvalue weighted by molar-refractivity contribution is 0.601. The quantitative estimate of drug-likeness (QED) is 0.535. The average Bonchev–Trinajstić information content (AvgIpc) is 3.15. The van der Waals surface area contributed by atoms with Gasteiger partial charge in [-0.3, -0.25) is 4.79 Å². The van der Waals surface area contributed by atoms with E-state index in [0.29, 0.717) is 32.9 Å². The third-order valence-corrected chi connectivity index (χ3v) is 5.91. The molecule has 0 amide bonds. The fraction of sp³-hybridized carbons (Fsp3) is 0.0526. The molecule has 0 N–H and O–H groups in total. The third-order valence-electron chi connectivity index (χ3n) is 3.99. The number of para-hydroxylation sites is 1. The highest BCUT2D eigenvalue weighted by Crippen LogP contribution is 2.33. The van der Waals surface area contributed by atoms with Crippen LogP contribution in [-0.4, -0.2) is 19.7 Å². The maximum atomic E-state index is 13.1. The van der Waals surface area contributed by atoms with Crippen molar-refractivity contribution in [3.05, 3.63) is 70.3 Å². The Morgan fingerprint density at radius 2 is 1.77 bits per heavy atom. The summed E-state index contributed by atoms with van der Waals surface area (Å²) in [6, 6.07) is 13.3. The van der Waals surface area contributed by atoms with E-state index in [-0.39, 0.29) is 10.3 Å². The van der Waals surface area contributed by atoms with Gasteiger partial charge in [-0.2, -0.15) is 0 Å². The molecule has 0 atom stereocenters. The summed E-state index contributed by atoms with van der Waals surface area (Å²) in [6.07, 6.45) is 2.78. The molecule has 26 heavy (non-hydrogen) atoms. The van der Waals surface area contributed by atoms with E-state index in [9.17, 15) is 13.2 Å². The van der Waals surface area contributed by atoms with E-state index in [2.05, 4.69) is 4.98 Å². The SMILES string of the molecule is CS(=O)(=O)c1ccc(-c2oc3ccccc3c(=O)c2-c2nccs2)cc1. The zero-order valence-corrected chi connectivity index (χ0v) is 15.3. The molecule has 2 aromatic carbocycles. The average molecular weight is 383 g/mol. The van der Waals surface area contributed by atoms with Crippen LogP contribution < -0.4 is 5.43 Å². The minimum atomic E-state index is -3.30. The molecule has 5 nitrogen and oxygen atoms in total. The first-order valence-corrected chi connectivity index (χ1v) is 10.5. The number of hydrogen-bond donors (Lipinski definition) is 0. The van der Waals surface area contributed by atoms with Gasteiger partial charge in [0.1, 0.15) is 21.9 Å². The van der Waals surface area contributed by atoms with E-state index in [4.69, 9.17) is 4.42 Å². The molecular weight excluding hydrogens is 370 g/mol. The van der Waals surface area contributed by atoms with Crippen molar-refractivity contribution in [3.63, 3.8) is 0 Å². The highest BCUT2D eigenvalue weighted by atomic mass is 32.2. The Kier molecular flexibility index (Phi) is 3.97. The lowest BCUT2D eigenvalue weighted by atomic mass is 10.0. The number of hydrogen-bond acceptors (Lipinski definition) is 6. The molecule has 4 rings (SSSR count). The highest BCUT2D eigenvalue weighted by Gasteiger charge is 2.20. The van der Waals surface area contributed by atoms with Crippen LogP contribution in [0.5, 0.6) is 0 Å². The first-order valence-electron chi connectivity index (χ1n) is 7.71. The maximum Gasteiger partial charge on any atom is 0.203 e. The van der Waals surface area contributed by atoms with Gasteiger partial charge in [0.05, 0.1) is 10.3 Å². The summed E-state index contributed by atoms with van der Waals surface area (Å²) in [5.74, 6) is 0.378. The van der Waals surface area contributed by atoms with Crippen LogP contribution in [0.4, 0.5) is 0 Å². The highest BCUT2D eigenvalue weighted by molar-refractivity contribution is 7.90. The van der Waals surface area contributed by atoms with E-state index in [1.807, 2.05) is 0 Å². The van der Waals surface area contributed by atoms with Crippen LogP contribution in [0.1, 0.15) is 0 Å². The maximum absolute atomic E-state index is 13.1. The lowest BCUT2D eigenvalue weighted by Gasteiger charge is -2.09. The van der Waals surface area contributed by atoms with E-state index in [1.165, 1.54) is 23.5 Å². The second-order valence-electron chi connectivity index (χ2n) is 5.77. The van der Waals surface area contributed by atoms with Gasteiger partial charge in [0, 0.05) is 23.4 Å². The largest absolute Gasteiger partial charge is 0.455 e. The molecular formula is C19H13NO4S2.